The molecule has 3 aliphatic rings. The summed E-state index contributed by atoms with van der Waals surface area (Å²) in [6, 6.07) is 109. The lowest BCUT2D eigenvalue weighted by molar-refractivity contribution is 0.633. The first-order valence-corrected chi connectivity index (χ1v) is 26.5. The third kappa shape index (κ3) is 5.76. The summed E-state index contributed by atoms with van der Waals surface area (Å²) in [7, 11) is 0. The predicted molar refractivity (Wildman–Crippen MR) is 315 cm³/mol. The maximum Gasteiger partial charge on any atom is 0.0720 e. The lowest BCUT2D eigenvalue weighted by Gasteiger charge is -2.48. The Morgan fingerprint density at radius 2 is 0.671 bits per heavy atom. The van der Waals surface area contributed by atoms with Gasteiger partial charge in [0.2, 0.25) is 0 Å². The first-order chi connectivity index (χ1) is 37.7. The van der Waals surface area contributed by atoms with E-state index in [1.807, 2.05) is 0 Å². The second kappa shape index (κ2) is 16.4. The second-order valence-electron chi connectivity index (χ2n) is 20.6. The molecule has 0 radical (unpaired) electrons. The van der Waals surface area contributed by atoms with Crippen LogP contribution in [0.2, 0.25) is 0 Å². The van der Waals surface area contributed by atoms with Gasteiger partial charge in [0.15, 0.2) is 0 Å². The molecule has 13 aromatic rings. The Morgan fingerprint density at radius 3 is 1.26 bits per heavy atom. The zero-order valence-electron chi connectivity index (χ0n) is 41.6. The van der Waals surface area contributed by atoms with Crippen molar-refractivity contribution in [1.29, 1.82) is 0 Å². The van der Waals surface area contributed by atoms with Crippen LogP contribution in [0, 0.1) is 0 Å². The molecule has 0 bridgehead atoms. The summed E-state index contributed by atoms with van der Waals surface area (Å²) in [4.78, 5) is 2.50. The standard InChI is InChI=1S/C74H48N2/c1-3-20-49(21-4-1)50-38-43-54(44-39-50)75(55-45-40-51(41-46-55)52-42-47-70-60(48-52)58-26-10-18-36-69(58)76(70)53-22-5-2-6-23-53)71-37-19-35-68-72(71)59-27-9-13-30-63(59)74(68)66-33-16-14-31-64(66)73(65-32-15-17-34-67(65)74)61-28-11-7-24-56(61)57-25-8-12-29-62(57)73/h1-48H. The summed E-state index contributed by atoms with van der Waals surface area (Å²) in [6.45, 7) is 0. The van der Waals surface area contributed by atoms with Crippen LogP contribution in [0.25, 0.3) is 72.0 Å². The van der Waals surface area contributed by atoms with Gasteiger partial charge in [-0.1, -0.05) is 231 Å². The van der Waals surface area contributed by atoms with Gasteiger partial charge in [-0.25, -0.2) is 0 Å². The molecule has 2 nitrogen and oxygen atoms in total. The van der Waals surface area contributed by atoms with E-state index in [2.05, 4.69) is 301 Å². The van der Waals surface area contributed by atoms with E-state index < -0.39 is 10.8 Å². The zero-order chi connectivity index (χ0) is 50.0. The van der Waals surface area contributed by atoms with Gasteiger partial charge >= 0.3 is 0 Å². The van der Waals surface area contributed by atoms with Gasteiger partial charge in [-0.2, -0.15) is 0 Å². The van der Waals surface area contributed by atoms with E-state index in [1.54, 1.807) is 0 Å². The van der Waals surface area contributed by atoms with Crippen molar-refractivity contribution in [3.05, 3.63) is 336 Å². The summed E-state index contributed by atoms with van der Waals surface area (Å²) in [6.07, 6.45) is 0. The molecule has 12 aromatic carbocycles. The van der Waals surface area contributed by atoms with E-state index in [9.17, 15) is 0 Å². The van der Waals surface area contributed by atoms with Crippen molar-refractivity contribution >= 4 is 38.9 Å². The molecule has 0 unspecified atom stereocenters. The highest BCUT2D eigenvalue weighted by Gasteiger charge is 2.59. The number of nitrogens with zero attached hydrogens (tertiary/aromatic N) is 2. The molecule has 16 rings (SSSR count). The zero-order valence-corrected chi connectivity index (χ0v) is 41.6. The van der Waals surface area contributed by atoms with Crippen molar-refractivity contribution in [1.82, 2.24) is 4.57 Å². The largest absolute Gasteiger partial charge is 0.310 e. The molecule has 0 amide bonds. The fourth-order valence-corrected chi connectivity index (χ4v) is 14.1. The molecule has 0 saturated carbocycles. The minimum Gasteiger partial charge on any atom is -0.310 e. The molecule has 0 N–H and O–H groups in total. The summed E-state index contributed by atoms with van der Waals surface area (Å²) in [5, 5.41) is 2.49. The highest BCUT2D eigenvalue weighted by Crippen LogP contribution is 2.68. The van der Waals surface area contributed by atoms with Crippen molar-refractivity contribution in [3.63, 3.8) is 0 Å². The van der Waals surface area contributed by atoms with Crippen LogP contribution < -0.4 is 4.90 Å². The SMILES string of the molecule is c1ccc(-c2ccc(N(c3ccc(-c4ccc5c(c4)c4ccccc4n5-c4ccccc4)cc3)c3cccc4c3-c3ccccc3C43c4ccccc4C4(c5ccccc5-c5ccccc54)c4ccccc43)cc2)cc1. The third-order valence-corrected chi connectivity index (χ3v) is 17.1. The van der Waals surface area contributed by atoms with Crippen LogP contribution in [0.15, 0.2) is 291 Å². The Balaban J connectivity index is 0.905. The van der Waals surface area contributed by atoms with Crippen LogP contribution in [-0.4, -0.2) is 4.57 Å². The number of benzene rings is 12. The Labute approximate surface area is 442 Å². The lowest BCUT2D eigenvalue weighted by Crippen LogP contribution is -2.43. The molecule has 2 heteroatoms. The van der Waals surface area contributed by atoms with Crippen molar-refractivity contribution < 1.29 is 0 Å². The molecule has 0 aliphatic heterocycles. The number of rotatable bonds is 6. The van der Waals surface area contributed by atoms with E-state index in [-0.39, 0.29) is 0 Å². The molecule has 3 aliphatic carbocycles. The molecular weight excluding hydrogens is 917 g/mol. The molecule has 2 spiro atoms. The molecular formula is C74H48N2. The monoisotopic (exact) mass is 964 g/mol. The minimum absolute atomic E-state index is 0.501. The molecule has 354 valence electrons. The predicted octanol–water partition coefficient (Wildman–Crippen LogP) is 18.6. The van der Waals surface area contributed by atoms with Gasteiger partial charge in [-0.3, -0.25) is 0 Å². The first kappa shape index (κ1) is 42.7. The molecule has 0 fully saturated rings. The third-order valence-electron chi connectivity index (χ3n) is 17.1. The maximum absolute atomic E-state index is 2.50. The second-order valence-corrected chi connectivity index (χ2v) is 20.6. The van der Waals surface area contributed by atoms with Crippen LogP contribution in [0.1, 0.15) is 44.5 Å². The molecule has 1 aromatic heterocycles. The molecule has 1 heterocycles. The van der Waals surface area contributed by atoms with Crippen molar-refractivity contribution in [2.75, 3.05) is 4.90 Å². The van der Waals surface area contributed by atoms with Gasteiger partial charge in [0.05, 0.1) is 27.6 Å². The van der Waals surface area contributed by atoms with Gasteiger partial charge in [0.1, 0.15) is 0 Å². The number of hydrogen-bond donors (Lipinski definition) is 0. The molecule has 0 atom stereocenters. The van der Waals surface area contributed by atoms with Gasteiger partial charge < -0.3 is 9.47 Å². The number of fused-ring (bicyclic) bond motifs is 19. The van der Waals surface area contributed by atoms with Gasteiger partial charge in [-0.05, 0) is 144 Å². The maximum atomic E-state index is 2.50. The highest BCUT2D eigenvalue weighted by atomic mass is 15.1. The Morgan fingerprint density at radius 1 is 0.263 bits per heavy atom. The van der Waals surface area contributed by atoms with E-state index in [0.717, 1.165) is 22.7 Å². The summed E-state index contributed by atoms with van der Waals surface area (Å²) >= 11 is 0. The summed E-state index contributed by atoms with van der Waals surface area (Å²) in [5.41, 5.74) is 26.3. The first-order valence-electron chi connectivity index (χ1n) is 26.5. The minimum atomic E-state index is -0.609. The van der Waals surface area contributed by atoms with E-state index in [4.69, 9.17) is 0 Å². The Hall–Kier alpha value is -9.76. The van der Waals surface area contributed by atoms with Gasteiger partial charge in [0.25, 0.3) is 0 Å². The van der Waals surface area contributed by atoms with Gasteiger partial charge in [-0.15, -0.1) is 0 Å². The van der Waals surface area contributed by atoms with Crippen molar-refractivity contribution in [2.45, 2.75) is 10.8 Å². The van der Waals surface area contributed by atoms with Crippen LogP contribution in [0.4, 0.5) is 17.1 Å². The highest BCUT2D eigenvalue weighted by molar-refractivity contribution is 6.10. The fourth-order valence-electron chi connectivity index (χ4n) is 14.1. The topological polar surface area (TPSA) is 8.17 Å². The van der Waals surface area contributed by atoms with E-state index >= 15 is 0 Å². The smallest absolute Gasteiger partial charge is 0.0720 e. The average Bonchev–Trinajstić information content (AvgIpc) is 4.24. The van der Waals surface area contributed by atoms with E-state index in [1.165, 1.54) is 111 Å². The van der Waals surface area contributed by atoms with Crippen molar-refractivity contribution in [2.24, 2.45) is 0 Å². The number of anilines is 3. The van der Waals surface area contributed by atoms with Crippen LogP contribution >= 0.6 is 0 Å². The Bertz CT molecular complexity index is 4350. The van der Waals surface area contributed by atoms with Crippen molar-refractivity contribution in [3.8, 4) is 50.2 Å². The van der Waals surface area contributed by atoms with E-state index in [0.29, 0.717) is 0 Å². The number of para-hydroxylation sites is 2. The normalized spacial score (nSPS) is 13.7. The molecule has 76 heavy (non-hydrogen) atoms. The fraction of sp³-hybridized carbons (Fsp3) is 0.0270. The van der Waals surface area contributed by atoms with Crippen LogP contribution in [0.5, 0.6) is 0 Å². The Kier molecular flexibility index (Phi) is 9.20. The van der Waals surface area contributed by atoms with Gasteiger partial charge in [0, 0.05) is 33.4 Å². The average molecular weight is 965 g/mol. The quantitative estimate of drug-likeness (QED) is 0.161. The number of hydrogen-bond acceptors (Lipinski definition) is 1. The van der Waals surface area contributed by atoms with Crippen LogP contribution in [0.3, 0.4) is 0 Å². The summed E-state index contributed by atoms with van der Waals surface area (Å²) in [5.74, 6) is 0. The number of aromatic nitrogens is 1. The van der Waals surface area contributed by atoms with Crippen LogP contribution in [-0.2, 0) is 10.8 Å². The lowest BCUT2D eigenvalue weighted by atomic mass is 9.52. The summed E-state index contributed by atoms with van der Waals surface area (Å²) < 4.78 is 2.38. The molecule has 0 saturated heterocycles.